The number of carbonyl (C=O) groups is 1. The normalized spacial score (nSPS) is 18.2. The zero-order chi connectivity index (χ0) is 27.9. The van der Waals surface area contributed by atoms with Crippen LogP contribution in [0, 0.1) is 13.8 Å². The average molecular weight is 568 g/mol. The molecule has 212 valence electrons. The number of hydrogen-bond acceptors (Lipinski definition) is 7. The molecule has 2 aliphatic heterocycles. The van der Waals surface area contributed by atoms with Crippen molar-refractivity contribution in [2.24, 2.45) is 0 Å². The molecule has 41 heavy (non-hydrogen) atoms. The summed E-state index contributed by atoms with van der Waals surface area (Å²) in [5, 5.41) is 3.39. The zero-order valence-electron chi connectivity index (χ0n) is 23.9. The van der Waals surface area contributed by atoms with E-state index in [9.17, 15) is 4.79 Å². The molecule has 1 saturated carbocycles. The summed E-state index contributed by atoms with van der Waals surface area (Å²) in [4.78, 5) is 25.0. The molecule has 3 fully saturated rings. The predicted molar refractivity (Wildman–Crippen MR) is 169 cm³/mol. The van der Waals surface area contributed by atoms with Crippen LogP contribution in [0.3, 0.4) is 0 Å². The first-order chi connectivity index (χ1) is 20.0. The second-order valence-electron chi connectivity index (χ2n) is 11.5. The monoisotopic (exact) mass is 567 g/mol. The fourth-order valence-electron chi connectivity index (χ4n) is 6.22. The van der Waals surface area contributed by atoms with Crippen molar-refractivity contribution >= 4 is 46.2 Å². The maximum Gasteiger partial charge on any atom is 0.300 e. The second-order valence-corrected chi connectivity index (χ2v) is 12.7. The maximum absolute atomic E-state index is 13.1. The Kier molecular flexibility index (Phi) is 7.13. The summed E-state index contributed by atoms with van der Waals surface area (Å²) < 4.78 is 6.28. The lowest BCUT2D eigenvalue weighted by Crippen LogP contribution is -2.47. The first-order valence-corrected chi connectivity index (χ1v) is 15.9. The Morgan fingerprint density at radius 1 is 0.927 bits per heavy atom. The van der Waals surface area contributed by atoms with E-state index in [1.807, 2.05) is 47.9 Å². The van der Waals surface area contributed by atoms with Gasteiger partial charge in [0.2, 0.25) is 0 Å². The summed E-state index contributed by atoms with van der Waals surface area (Å²) in [6.07, 6.45) is 2.75. The van der Waals surface area contributed by atoms with E-state index < -0.39 is 0 Å². The van der Waals surface area contributed by atoms with Gasteiger partial charge in [0.1, 0.15) is 5.52 Å². The first-order valence-electron chi connectivity index (χ1n) is 14.8. The summed E-state index contributed by atoms with van der Waals surface area (Å²) in [6, 6.07) is 19.9. The van der Waals surface area contributed by atoms with Crippen molar-refractivity contribution in [2.45, 2.75) is 32.7 Å². The van der Waals surface area contributed by atoms with Crippen LogP contribution in [0.25, 0.3) is 22.2 Å². The largest absolute Gasteiger partial charge is 0.423 e. The average Bonchev–Trinajstić information content (AvgIpc) is 3.76. The van der Waals surface area contributed by atoms with Gasteiger partial charge >= 0.3 is 0 Å². The fourth-order valence-corrected chi connectivity index (χ4v) is 7.12. The maximum atomic E-state index is 13.1. The van der Waals surface area contributed by atoms with Gasteiger partial charge in [-0.25, -0.2) is 0 Å². The van der Waals surface area contributed by atoms with Crippen LogP contribution in [-0.2, 0) is 0 Å². The van der Waals surface area contributed by atoms with Crippen LogP contribution in [0.4, 0.5) is 17.4 Å². The SMILES string of the molecule is Cc1cc(-c2cccc3nc(Nc4ccc(N5CCN(C6CC6)CC5)c(C)c4)oc23)ccc1C(=O)N1CCSCC1. The molecule has 0 radical (unpaired) electrons. The molecule has 8 heteroatoms. The molecular weight excluding hydrogens is 530 g/mol. The summed E-state index contributed by atoms with van der Waals surface area (Å²) in [7, 11) is 0. The number of carbonyl (C=O) groups excluding carboxylic acids is 1. The number of oxazole rings is 1. The van der Waals surface area contributed by atoms with Crippen LogP contribution in [0.1, 0.15) is 34.3 Å². The number of benzene rings is 3. The van der Waals surface area contributed by atoms with Crippen molar-refractivity contribution in [3.63, 3.8) is 0 Å². The molecule has 1 aliphatic carbocycles. The highest BCUT2D eigenvalue weighted by molar-refractivity contribution is 7.99. The van der Waals surface area contributed by atoms with Crippen molar-refractivity contribution in [1.29, 1.82) is 0 Å². The predicted octanol–water partition coefficient (Wildman–Crippen LogP) is 6.33. The topological polar surface area (TPSA) is 64.9 Å². The molecule has 0 atom stereocenters. The van der Waals surface area contributed by atoms with Crippen molar-refractivity contribution < 1.29 is 9.21 Å². The first kappa shape index (κ1) is 26.4. The number of aromatic nitrogens is 1. The van der Waals surface area contributed by atoms with Crippen LogP contribution >= 0.6 is 11.8 Å². The molecule has 1 N–H and O–H groups in total. The minimum Gasteiger partial charge on any atom is -0.423 e. The Bertz CT molecular complexity index is 1580. The molecule has 0 unspecified atom stereocenters. The molecule has 0 spiro atoms. The van der Waals surface area contributed by atoms with E-state index in [0.29, 0.717) is 6.01 Å². The molecule has 3 heterocycles. The van der Waals surface area contributed by atoms with Crippen LogP contribution in [0.5, 0.6) is 0 Å². The third-order valence-corrected chi connectivity index (χ3v) is 9.59. The molecule has 4 aromatic rings. The molecule has 3 aromatic carbocycles. The number of piperazine rings is 1. The van der Waals surface area contributed by atoms with Gasteiger partial charge in [-0.1, -0.05) is 24.3 Å². The van der Waals surface area contributed by atoms with Crippen LogP contribution in [0.15, 0.2) is 59.0 Å². The summed E-state index contributed by atoms with van der Waals surface area (Å²) in [5.41, 5.74) is 8.80. The molecule has 7 nitrogen and oxygen atoms in total. The Balaban J connectivity index is 1.08. The summed E-state index contributed by atoms with van der Waals surface area (Å²) in [6.45, 7) is 10.3. The van der Waals surface area contributed by atoms with E-state index in [1.165, 1.54) is 24.1 Å². The Morgan fingerprint density at radius 3 is 2.46 bits per heavy atom. The number of anilines is 3. The van der Waals surface area contributed by atoms with Gasteiger partial charge < -0.3 is 19.5 Å². The van der Waals surface area contributed by atoms with Gasteiger partial charge in [-0.2, -0.15) is 16.7 Å². The Hall–Kier alpha value is -3.49. The molecule has 1 amide bonds. The van der Waals surface area contributed by atoms with Gasteiger partial charge in [0.15, 0.2) is 5.58 Å². The van der Waals surface area contributed by atoms with E-state index in [-0.39, 0.29) is 5.91 Å². The standard InChI is InChI=1S/C33H37N5O2S/c1-22-20-24(6-10-27(22)32(39)38-16-18-41-19-17-38)28-4-3-5-29-31(28)40-33(35-29)34-25-7-11-30(23(2)21-25)37-14-12-36(13-15-37)26-8-9-26/h3-7,10-11,20-21,26H,8-9,12-19H2,1-2H3,(H,34,35). The number of amides is 1. The summed E-state index contributed by atoms with van der Waals surface area (Å²) >= 11 is 1.91. The third-order valence-electron chi connectivity index (χ3n) is 8.65. The molecule has 3 aliphatic rings. The van der Waals surface area contributed by atoms with Crippen molar-refractivity contribution in [2.75, 3.05) is 61.0 Å². The van der Waals surface area contributed by atoms with E-state index in [4.69, 9.17) is 9.40 Å². The van der Waals surface area contributed by atoms with Crippen molar-refractivity contribution in [1.82, 2.24) is 14.8 Å². The molecular formula is C33H37N5O2S. The minimum absolute atomic E-state index is 0.125. The highest BCUT2D eigenvalue weighted by atomic mass is 32.2. The number of para-hydroxylation sites is 1. The van der Waals surface area contributed by atoms with Crippen LogP contribution in [-0.4, -0.2) is 77.5 Å². The second kappa shape index (κ2) is 11.1. The number of thioether (sulfide) groups is 1. The van der Waals surface area contributed by atoms with Gasteiger partial charge in [-0.3, -0.25) is 9.69 Å². The van der Waals surface area contributed by atoms with E-state index in [2.05, 4.69) is 52.4 Å². The smallest absolute Gasteiger partial charge is 0.300 e. The zero-order valence-corrected chi connectivity index (χ0v) is 24.7. The highest BCUT2D eigenvalue weighted by Gasteiger charge is 2.31. The minimum atomic E-state index is 0.125. The molecule has 7 rings (SSSR count). The molecule has 0 bridgehead atoms. The van der Waals surface area contributed by atoms with Gasteiger partial charge in [-0.15, -0.1) is 0 Å². The number of rotatable bonds is 6. The summed E-state index contributed by atoms with van der Waals surface area (Å²) in [5.74, 6) is 2.14. The van der Waals surface area contributed by atoms with Crippen LogP contribution < -0.4 is 10.2 Å². The lowest BCUT2D eigenvalue weighted by Gasteiger charge is -2.37. The lowest BCUT2D eigenvalue weighted by atomic mass is 9.98. The number of nitrogens with one attached hydrogen (secondary N) is 1. The number of fused-ring (bicyclic) bond motifs is 1. The van der Waals surface area contributed by atoms with Gasteiger partial charge in [0.05, 0.1) is 0 Å². The van der Waals surface area contributed by atoms with Gasteiger partial charge in [-0.05, 0) is 73.7 Å². The lowest BCUT2D eigenvalue weighted by molar-refractivity contribution is 0.0771. The van der Waals surface area contributed by atoms with Crippen molar-refractivity contribution in [3.05, 3.63) is 71.3 Å². The molecule has 1 aromatic heterocycles. The molecule has 2 saturated heterocycles. The van der Waals surface area contributed by atoms with Gasteiger partial charge in [0, 0.05) is 79.3 Å². The van der Waals surface area contributed by atoms with E-state index in [1.54, 1.807) is 0 Å². The Labute approximate surface area is 245 Å². The third kappa shape index (κ3) is 5.43. The van der Waals surface area contributed by atoms with E-state index in [0.717, 1.165) is 95.9 Å². The van der Waals surface area contributed by atoms with Gasteiger partial charge in [0.25, 0.3) is 11.9 Å². The van der Waals surface area contributed by atoms with E-state index >= 15 is 0 Å². The number of aryl methyl sites for hydroxylation is 2. The quantitative estimate of drug-likeness (QED) is 0.292. The number of hydrogen-bond donors (Lipinski definition) is 1. The Morgan fingerprint density at radius 2 is 1.73 bits per heavy atom. The highest BCUT2D eigenvalue weighted by Crippen LogP contribution is 2.34. The fraction of sp³-hybridized carbons (Fsp3) is 0.394. The van der Waals surface area contributed by atoms with Crippen molar-refractivity contribution in [3.8, 4) is 11.1 Å². The van der Waals surface area contributed by atoms with Crippen LogP contribution in [0.2, 0.25) is 0 Å². The number of nitrogens with zero attached hydrogens (tertiary/aromatic N) is 4.